The number of likely N-dealkylation sites (tertiary alicyclic amines) is 1. The Balaban J connectivity index is 0.00000224. The normalized spacial score (nSPS) is 12.7. The molecule has 0 bridgehead atoms. The smallest absolute Gasteiger partial charge is 0.348 e. The molecule has 45 heavy (non-hydrogen) atoms. The lowest BCUT2D eigenvalue weighted by atomic mass is 9.93. The lowest BCUT2D eigenvalue weighted by Gasteiger charge is -2.32. The van der Waals surface area contributed by atoms with E-state index >= 15 is 0 Å². The summed E-state index contributed by atoms with van der Waals surface area (Å²) < 4.78 is 40.3. The highest BCUT2D eigenvalue weighted by molar-refractivity contribution is 7.22. The highest BCUT2D eigenvalue weighted by Crippen LogP contribution is 2.36. The third-order valence-electron chi connectivity index (χ3n) is 7.26. The molecule has 1 aliphatic rings. The number of nitrogens with zero attached hydrogens (tertiary/aromatic N) is 3. The molecule has 1 fully saturated rings. The van der Waals surface area contributed by atoms with Gasteiger partial charge in [-0.15, -0.1) is 0 Å². The van der Waals surface area contributed by atoms with Gasteiger partial charge in [0.05, 0.1) is 15.8 Å². The van der Waals surface area contributed by atoms with E-state index in [-0.39, 0.29) is 5.91 Å². The Morgan fingerprint density at radius 3 is 2.07 bits per heavy atom. The van der Waals surface area contributed by atoms with Crippen molar-refractivity contribution in [2.75, 3.05) is 31.1 Å². The fourth-order valence-electron chi connectivity index (χ4n) is 5.03. The number of fused-ring (bicyclic) bond motifs is 1. The van der Waals surface area contributed by atoms with E-state index in [2.05, 4.69) is 36.6 Å². The van der Waals surface area contributed by atoms with Gasteiger partial charge >= 0.3 is 6.18 Å². The summed E-state index contributed by atoms with van der Waals surface area (Å²) in [6.45, 7) is 28.8. The maximum Gasteiger partial charge on any atom is 0.416 e. The Kier molecular flexibility index (Phi) is 20.4. The molecule has 0 atom stereocenters. The van der Waals surface area contributed by atoms with E-state index < -0.39 is 11.7 Å². The van der Waals surface area contributed by atoms with Crippen LogP contribution in [0, 0.1) is 12.8 Å². The van der Waals surface area contributed by atoms with Crippen molar-refractivity contribution < 1.29 is 18.0 Å². The molecule has 2 heterocycles. The number of amides is 1. The molecule has 1 amide bonds. The Labute approximate surface area is 275 Å². The third kappa shape index (κ3) is 13.2. The molecule has 4 rings (SSSR count). The van der Waals surface area contributed by atoms with Crippen LogP contribution in [0.25, 0.3) is 15.8 Å². The Bertz CT molecular complexity index is 1280. The van der Waals surface area contributed by atoms with E-state index in [0.717, 1.165) is 74.2 Å². The zero-order valence-electron chi connectivity index (χ0n) is 29.7. The first-order valence-electron chi connectivity index (χ1n) is 16.7. The number of hydrogen-bond acceptors (Lipinski definition) is 4. The van der Waals surface area contributed by atoms with Crippen molar-refractivity contribution in [3.8, 4) is 0 Å². The zero-order chi connectivity index (χ0) is 34.7. The summed E-state index contributed by atoms with van der Waals surface area (Å²) in [6, 6.07) is 10.2. The van der Waals surface area contributed by atoms with Crippen LogP contribution in [0.3, 0.4) is 0 Å². The summed E-state index contributed by atoms with van der Waals surface area (Å²) in [5.41, 5.74) is 4.54. The number of alkyl halides is 3. The van der Waals surface area contributed by atoms with Crippen molar-refractivity contribution in [2.45, 2.75) is 108 Å². The number of piperidine rings is 1. The average Bonchev–Trinajstić information content (AvgIpc) is 3.48. The minimum Gasteiger partial charge on any atom is -0.348 e. The second-order valence-electron chi connectivity index (χ2n) is 10.1. The summed E-state index contributed by atoms with van der Waals surface area (Å²) in [4.78, 5) is 20.5. The maximum atomic E-state index is 13.2. The molecule has 0 radical (unpaired) electrons. The van der Waals surface area contributed by atoms with Crippen molar-refractivity contribution in [1.82, 2.24) is 9.88 Å². The number of anilines is 1. The number of carbonyl (C=O) groups excluding carboxylic acids is 1. The summed E-state index contributed by atoms with van der Waals surface area (Å²) in [5, 5.41) is 0.755. The van der Waals surface area contributed by atoms with Crippen molar-refractivity contribution in [3.63, 3.8) is 0 Å². The molecule has 8 heteroatoms. The Morgan fingerprint density at radius 2 is 1.56 bits per heavy atom. The number of benzene rings is 2. The van der Waals surface area contributed by atoms with E-state index in [1.807, 2.05) is 67.2 Å². The van der Waals surface area contributed by atoms with Gasteiger partial charge in [-0.3, -0.25) is 4.79 Å². The first-order valence-corrected chi connectivity index (χ1v) is 17.6. The molecule has 0 saturated carbocycles. The van der Waals surface area contributed by atoms with Crippen LogP contribution < -0.4 is 4.90 Å². The van der Waals surface area contributed by atoms with Gasteiger partial charge in [-0.2, -0.15) is 13.2 Å². The number of aryl methyl sites for hydroxylation is 1. The Hall–Kier alpha value is -2.87. The highest BCUT2D eigenvalue weighted by Gasteiger charge is 2.31. The Morgan fingerprint density at radius 1 is 0.956 bits per heavy atom. The number of aromatic nitrogens is 1. The molecule has 0 unspecified atom stereocenters. The van der Waals surface area contributed by atoms with E-state index in [4.69, 9.17) is 4.98 Å². The van der Waals surface area contributed by atoms with Crippen LogP contribution in [0.5, 0.6) is 0 Å². The van der Waals surface area contributed by atoms with Crippen LogP contribution in [0.2, 0.25) is 0 Å². The number of hydrogen-bond donors (Lipinski definition) is 0. The standard InChI is InChI=1S/C29H34F3N3OS.4C2H6/c1-19(2)25-7-5-23(17-20(25)3)12-16-35(15-11-22-9-13-34(14-10-22)21(4)36)28-33-26-8-6-24(29(30,31)32)18-27(26)37-28;4*1-2/h5-8,17-18,22H,1,9-16H2,2-4H3;4*1-2H3. The molecule has 1 saturated heterocycles. The fourth-order valence-corrected chi connectivity index (χ4v) is 6.08. The van der Waals surface area contributed by atoms with Crippen molar-refractivity contribution in [2.24, 2.45) is 5.92 Å². The van der Waals surface area contributed by atoms with Gasteiger partial charge in [0.2, 0.25) is 5.91 Å². The van der Waals surface area contributed by atoms with Gasteiger partial charge in [-0.25, -0.2) is 4.98 Å². The van der Waals surface area contributed by atoms with Crippen molar-refractivity contribution in [3.05, 3.63) is 65.2 Å². The molecule has 4 nitrogen and oxygen atoms in total. The second-order valence-corrected chi connectivity index (χ2v) is 11.1. The van der Waals surface area contributed by atoms with Crippen LogP contribution in [0.4, 0.5) is 18.3 Å². The van der Waals surface area contributed by atoms with Gasteiger partial charge < -0.3 is 9.80 Å². The number of halogens is 3. The quantitative estimate of drug-likeness (QED) is 0.244. The van der Waals surface area contributed by atoms with Crippen LogP contribution >= 0.6 is 11.3 Å². The third-order valence-corrected chi connectivity index (χ3v) is 8.34. The highest BCUT2D eigenvalue weighted by atomic mass is 32.1. The van der Waals surface area contributed by atoms with Gasteiger partial charge in [0.15, 0.2) is 5.13 Å². The molecular weight excluding hydrogens is 591 g/mol. The van der Waals surface area contributed by atoms with Gasteiger partial charge in [-0.05, 0) is 80.3 Å². The largest absolute Gasteiger partial charge is 0.416 e. The second kappa shape index (κ2) is 21.8. The zero-order valence-corrected chi connectivity index (χ0v) is 30.5. The predicted octanol–water partition coefficient (Wildman–Crippen LogP) is 11.5. The predicted molar refractivity (Wildman–Crippen MR) is 191 cm³/mol. The van der Waals surface area contributed by atoms with Crippen LogP contribution in [-0.4, -0.2) is 42.0 Å². The van der Waals surface area contributed by atoms with Gasteiger partial charge in [0, 0.05) is 33.1 Å². The van der Waals surface area contributed by atoms with Crippen molar-refractivity contribution >= 4 is 38.2 Å². The number of thiazole rings is 1. The first kappa shape index (κ1) is 42.1. The number of rotatable bonds is 8. The molecule has 2 aromatic carbocycles. The molecule has 0 N–H and O–H groups in total. The summed E-state index contributed by atoms with van der Waals surface area (Å²) in [5.74, 6) is 0.641. The van der Waals surface area contributed by atoms with Gasteiger partial charge in [0.1, 0.15) is 0 Å². The average molecular weight is 650 g/mol. The molecule has 0 spiro atoms. The molecule has 1 aliphatic heterocycles. The van der Waals surface area contributed by atoms with Crippen LogP contribution in [0.15, 0.2) is 43.0 Å². The minimum atomic E-state index is -4.37. The molecule has 254 valence electrons. The summed E-state index contributed by atoms with van der Waals surface area (Å²) in [7, 11) is 0. The monoisotopic (exact) mass is 649 g/mol. The molecular formula is C37H58F3N3OS. The number of allylic oxidation sites excluding steroid dienone is 1. The summed E-state index contributed by atoms with van der Waals surface area (Å²) in [6.07, 6.45) is -0.652. The molecule has 1 aromatic heterocycles. The minimum absolute atomic E-state index is 0.126. The van der Waals surface area contributed by atoms with Crippen LogP contribution in [-0.2, 0) is 17.4 Å². The van der Waals surface area contributed by atoms with Crippen LogP contribution in [0.1, 0.15) is 111 Å². The lowest BCUT2D eigenvalue weighted by Crippen LogP contribution is -2.38. The van der Waals surface area contributed by atoms with E-state index in [0.29, 0.717) is 16.1 Å². The van der Waals surface area contributed by atoms with Gasteiger partial charge in [-0.1, -0.05) is 97.1 Å². The van der Waals surface area contributed by atoms with Crippen molar-refractivity contribution in [1.29, 1.82) is 0 Å². The van der Waals surface area contributed by atoms with Gasteiger partial charge in [0.25, 0.3) is 0 Å². The maximum absolute atomic E-state index is 13.2. The lowest BCUT2D eigenvalue weighted by molar-refractivity contribution is -0.137. The topological polar surface area (TPSA) is 36.4 Å². The van der Waals surface area contributed by atoms with E-state index in [1.165, 1.54) is 34.6 Å². The summed E-state index contributed by atoms with van der Waals surface area (Å²) >= 11 is 1.32. The first-order chi connectivity index (χ1) is 21.5. The molecule has 3 aromatic rings. The molecule has 0 aliphatic carbocycles. The number of carbonyl (C=O) groups is 1. The van der Waals surface area contributed by atoms with E-state index in [9.17, 15) is 18.0 Å². The fraction of sp³-hybridized carbons (Fsp3) is 0.568. The van der Waals surface area contributed by atoms with E-state index in [1.54, 1.807) is 6.92 Å². The SMILES string of the molecule is C=C(C)c1ccc(CCN(CCC2CCN(C(C)=O)CC2)c2nc3ccc(C(F)(F)F)cc3s2)cc1C.CC.CC.CC.CC.